The lowest BCUT2D eigenvalue weighted by molar-refractivity contribution is -0.115. The van der Waals surface area contributed by atoms with Crippen LogP contribution in [0, 0.1) is 0 Å². The van der Waals surface area contributed by atoms with Gasteiger partial charge in [0.15, 0.2) is 11.6 Å². The summed E-state index contributed by atoms with van der Waals surface area (Å²) in [4.78, 5) is 27.0. The van der Waals surface area contributed by atoms with Gasteiger partial charge in [0, 0.05) is 39.3 Å². The number of hydrogen-bond acceptors (Lipinski definition) is 5. The maximum Gasteiger partial charge on any atom is 0.193 e. The quantitative estimate of drug-likeness (QED) is 0.298. The fourth-order valence-electron chi connectivity index (χ4n) is 6.85. The number of Topliss-reactive ketones (excluding diaryl/α,β-unsaturated/α-hetero) is 1. The van der Waals surface area contributed by atoms with Gasteiger partial charge in [-0.1, -0.05) is 129 Å². The number of ketones is 2. The summed E-state index contributed by atoms with van der Waals surface area (Å²) in [6.07, 6.45) is 15.2. The lowest BCUT2D eigenvalue weighted by atomic mass is 9.79. The second-order valence-corrected chi connectivity index (χ2v) is 13.5. The van der Waals surface area contributed by atoms with Crippen molar-refractivity contribution in [2.45, 2.75) is 93.1 Å². The maximum absolute atomic E-state index is 12.9. The van der Waals surface area contributed by atoms with Crippen LogP contribution >= 0.6 is 11.8 Å². The number of allylic oxidation sites excluding steroid dienone is 3. The predicted octanol–water partition coefficient (Wildman–Crippen LogP) is 8.34. The summed E-state index contributed by atoms with van der Waals surface area (Å²) in [6.45, 7) is 0. The molecular weight excluding hydrogens is 552 g/mol. The lowest BCUT2D eigenvalue weighted by Gasteiger charge is -2.32. The third-order valence-electron chi connectivity index (χ3n) is 9.50. The smallest absolute Gasteiger partial charge is 0.193 e. The van der Waals surface area contributed by atoms with E-state index in [4.69, 9.17) is 0 Å². The summed E-state index contributed by atoms with van der Waals surface area (Å²) in [7, 11) is 0. The molecule has 3 aliphatic carbocycles. The number of benzene rings is 3. The number of rotatable bonds is 4. The molecule has 7 rings (SSSR count). The first-order valence-corrected chi connectivity index (χ1v) is 16.6. The summed E-state index contributed by atoms with van der Waals surface area (Å²) in [5.41, 5.74) is 3.90. The Morgan fingerprint density at radius 3 is 1.72 bits per heavy atom. The molecule has 222 valence electrons. The molecule has 0 amide bonds. The highest BCUT2D eigenvalue weighted by atomic mass is 32.2. The van der Waals surface area contributed by atoms with Crippen LogP contribution in [0.1, 0.15) is 103 Å². The van der Waals surface area contributed by atoms with Gasteiger partial charge in [0.2, 0.25) is 0 Å². The molecule has 3 aromatic rings. The number of thioether (sulfide) groups is 1. The minimum atomic E-state index is -0.739. The van der Waals surface area contributed by atoms with Crippen molar-refractivity contribution in [2.75, 3.05) is 0 Å². The molecule has 2 fully saturated rings. The Kier molecular flexibility index (Phi) is 8.85. The molecular formula is C38H40O4S. The van der Waals surface area contributed by atoms with Gasteiger partial charge in [-0.15, -0.1) is 0 Å². The van der Waals surface area contributed by atoms with E-state index in [1.165, 1.54) is 23.3 Å². The van der Waals surface area contributed by atoms with E-state index in [0.29, 0.717) is 17.5 Å². The highest BCUT2D eigenvalue weighted by Gasteiger charge is 2.32. The molecule has 1 heterocycles. The van der Waals surface area contributed by atoms with Gasteiger partial charge in [-0.3, -0.25) is 9.59 Å². The highest BCUT2D eigenvalue weighted by Crippen LogP contribution is 2.41. The van der Waals surface area contributed by atoms with Crippen molar-refractivity contribution in [1.82, 2.24) is 0 Å². The molecule has 2 N–H and O–H groups in total. The number of hydrogen-bond donors (Lipinski definition) is 2. The largest absolute Gasteiger partial charge is 0.385 e. The second kappa shape index (κ2) is 12.8. The van der Waals surface area contributed by atoms with E-state index in [9.17, 15) is 19.8 Å². The van der Waals surface area contributed by atoms with Gasteiger partial charge in [0.1, 0.15) is 0 Å². The summed E-state index contributed by atoms with van der Waals surface area (Å²) in [5, 5.41) is 21.7. The summed E-state index contributed by atoms with van der Waals surface area (Å²) >= 11 is 1.72. The first-order chi connectivity index (χ1) is 20.8. The molecule has 43 heavy (non-hydrogen) atoms. The van der Waals surface area contributed by atoms with Crippen LogP contribution in [-0.4, -0.2) is 21.8 Å². The average molecular weight is 593 g/mol. The molecule has 0 atom stereocenters. The zero-order valence-corrected chi connectivity index (χ0v) is 25.5. The van der Waals surface area contributed by atoms with Crippen LogP contribution < -0.4 is 0 Å². The van der Waals surface area contributed by atoms with Crippen LogP contribution in [0.5, 0.6) is 0 Å². The van der Waals surface area contributed by atoms with Crippen molar-refractivity contribution in [3.05, 3.63) is 123 Å². The topological polar surface area (TPSA) is 74.6 Å². The Hall–Kier alpha value is -3.25. The monoisotopic (exact) mass is 592 g/mol. The van der Waals surface area contributed by atoms with Crippen LogP contribution in [-0.2, 0) is 22.4 Å². The van der Waals surface area contributed by atoms with E-state index in [0.717, 1.165) is 79.4 Å². The highest BCUT2D eigenvalue weighted by molar-refractivity contribution is 8.03. The molecule has 0 radical (unpaired) electrons. The lowest BCUT2D eigenvalue weighted by Crippen LogP contribution is -2.28. The summed E-state index contributed by atoms with van der Waals surface area (Å²) in [6, 6.07) is 23.2. The molecule has 3 aromatic carbocycles. The summed E-state index contributed by atoms with van der Waals surface area (Å²) < 4.78 is 0. The van der Waals surface area contributed by atoms with E-state index < -0.39 is 11.2 Å². The third-order valence-corrected chi connectivity index (χ3v) is 10.7. The fourth-order valence-corrected chi connectivity index (χ4v) is 7.98. The SMILES string of the molecule is O=C(c1ccc(C2(O)CCCCC2)cc1)c1ccc(C2(O)CCCCC2)cc1.O=C1CC=CC2=C1Cc1ccccc1S2. The summed E-state index contributed by atoms with van der Waals surface area (Å²) in [5.74, 6) is 0.263. The van der Waals surface area contributed by atoms with Crippen molar-refractivity contribution >= 4 is 23.3 Å². The maximum atomic E-state index is 12.9. The van der Waals surface area contributed by atoms with E-state index >= 15 is 0 Å². The molecule has 0 spiro atoms. The van der Waals surface area contributed by atoms with E-state index in [1.807, 2.05) is 66.7 Å². The van der Waals surface area contributed by atoms with Crippen molar-refractivity contribution in [3.63, 3.8) is 0 Å². The van der Waals surface area contributed by atoms with Gasteiger partial charge < -0.3 is 10.2 Å². The van der Waals surface area contributed by atoms with Gasteiger partial charge in [0.05, 0.1) is 11.2 Å². The number of carbonyl (C=O) groups excluding carboxylic acids is 2. The Balaban J connectivity index is 0.000000183. The molecule has 5 heteroatoms. The van der Waals surface area contributed by atoms with Gasteiger partial charge >= 0.3 is 0 Å². The fraction of sp³-hybridized carbons (Fsp3) is 0.368. The van der Waals surface area contributed by atoms with Crippen molar-refractivity contribution < 1.29 is 19.8 Å². The Labute approximate surface area is 258 Å². The van der Waals surface area contributed by atoms with Crippen LogP contribution in [0.15, 0.2) is 100 Å². The number of carbonyl (C=O) groups is 2. The minimum absolute atomic E-state index is 0.0237. The Bertz CT molecular complexity index is 1470. The minimum Gasteiger partial charge on any atom is -0.385 e. The van der Waals surface area contributed by atoms with Gasteiger partial charge in [-0.25, -0.2) is 0 Å². The van der Waals surface area contributed by atoms with Crippen molar-refractivity contribution in [2.24, 2.45) is 0 Å². The normalized spacial score (nSPS) is 20.4. The number of fused-ring (bicyclic) bond motifs is 1. The zero-order chi connectivity index (χ0) is 29.9. The Morgan fingerprint density at radius 2 is 1.19 bits per heavy atom. The van der Waals surface area contributed by atoms with E-state index in [2.05, 4.69) is 18.2 Å². The molecule has 2 saturated carbocycles. The van der Waals surface area contributed by atoms with E-state index in [1.54, 1.807) is 11.8 Å². The Morgan fingerprint density at radius 1 is 0.674 bits per heavy atom. The molecule has 0 aromatic heterocycles. The van der Waals surface area contributed by atoms with Crippen molar-refractivity contribution in [3.8, 4) is 0 Å². The molecule has 4 nitrogen and oxygen atoms in total. The van der Waals surface area contributed by atoms with Gasteiger partial charge in [-0.2, -0.15) is 0 Å². The predicted molar refractivity (Wildman–Crippen MR) is 172 cm³/mol. The number of aliphatic hydroxyl groups is 2. The van der Waals surface area contributed by atoms with E-state index in [-0.39, 0.29) is 11.6 Å². The molecule has 0 bridgehead atoms. The molecule has 0 saturated heterocycles. The second-order valence-electron chi connectivity index (χ2n) is 12.4. The van der Waals surface area contributed by atoms with Crippen LogP contribution in [0.4, 0.5) is 0 Å². The van der Waals surface area contributed by atoms with Crippen LogP contribution in [0.3, 0.4) is 0 Å². The van der Waals surface area contributed by atoms with Crippen LogP contribution in [0.2, 0.25) is 0 Å². The average Bonchev–Trinajstić information content (AvgIpc) is 3.05. The molecule has 4 aliphatic rings. The zero-order valence-electron chi connectivity index (χ0n) is 24.7. The van der Waals surface area contributed by atoms with Crippen molar-refractivity contribution in [1.29, 1.82) is 0 Å². The first-order valence-electron chi connectivity index (χ1n) is 15.7. The van der Waals surface area contributed by atoms with Gasteiger partial charge in [-0.05, 0) is 48.4 Å². The molecule has 0 unspecified atom stereocenters. The van der Waals surface area contributed by atoms with Gasteiger partial charge in [0.25, 0.3) is 0 Å². The van der Waals surface area contributed by atoms with Crippen LogP contribution in [0.25, 0.3) is 0 Å². The first kappa shape index (κ1) is 29.8. The standard InChI is InChI=1S/C25H30O3.C13H10OS/c26-23(19-7-11-21(12-8-19)24(27)15-3-1-4-16-24)20-9-13-22(14-10-20)25(28)17-5-2-6-18-25;14-11-5-3-7-13-10(11)8-9-4-1-2-6-12(9)15-13/h7-14,27-28H,1-6,15-18H2;1-4,6-7H,5,8H2. The third kappa shape index (κ3) is 6.50. The molecule has 1 aliphatic heterocycles.